The Morgan fingerprint density at radius 2 is 2.12 bits per heavy atom. The predicted molar refractivity (Wildman–Crippen MR) is 93.3 cm³/mol. The third kappa shape index (κ3) is 3.71. The number of aliphatic hydroxyl groups is 1. The van der Waals surface area contributed by atoms with Crippen LogP contribution in [0.5, 0.6) is 5.75 Å². The summed E-state index contributed by atoms with van der Waals surface area (Å²) < 4.78 is 5.23. The third-order valence-corrected chi connectivity index (χ3v) is 4.61. The molecule has 2 aromatic carbocycles. The number of ether oxygens (including phenoxy) is 1. The monoisotopic (exact) mass is 345 g/mol. The number of halogens is 1. The molecule has 3 atom stereocenters. The summed E-state index contributed by atoms with van der Waals surface area (Å²) in [4.78, 5) is 12.3. The van der Waals surface area contributed by atoms with Crippen LogP contribution in [0.1, 0.15) is 29.6 Å². The summed E-state index contributed by atoms with van der Waals surface area (Å²) in [7, 11) is 1.56. The molecule has 4 nitrogen and oxygen atoms in total. The Morgan fingerprint density at radius 1 is 1.33 bits per heavy atom. The first-order chi connectivity index (χ1) is 11.6. The molecule has 1 amide bonds. The molecule has 3 rings (SSSR count). The van der Waals surface area contributed by atoms with Gasteiger partial charge < -0.3 is 15.2 Å². The minimum atomic E-state index is -0.798. The maximum absolute atomic E-state index is 12.3. The Morgan fingerprint density at radius 3 is 2.88 bits per heavy atom. The molecule has 0 unspecified atom stereocenters. The molecule has 0 spiro atoms. The van der Waals surface area contributed by atoms with Gasteiger partial charge in [0.25, 0.3) is 0 Å². The molecule has 0 aliphatic heterocycles. The molecular weight excluding hydrogens is 326 g/mol. The zero-order chi connectivity index (χ0) is 17.1. The zero-order valence-corrected chi connectivity index (χ0v) is 14.2. The Balaban J connectivity index is 1.55. The van der Waals surface area contributed by atoms with Crippen LogP contribution in [0.4, 0.5) is 0 Å². The molecule has 1 saturated carbocycles. The summed E-state index contributed by atoms with van der Waals surface area (Å²) in [6, 6.07) is 14.9. The molecule has 5 heteroatoms. The minimum Gasteiger partial charge on any atom is -0.496 e. The van der Waals surface area contributed by atoms with E-state index in [9.17, 15) is 9.90 Å². The Hall–Kier alpha value is -2.04. The Bertz CT molecular complexity index is 734. The summed E-state index contributed by atoms with van der Waals surface area (Å²) in [5.41, 5.74) is 1.76. The normalized spacial score (nSPS) is 20.3. The number of carbonyl (C=O) groups is 1. The molecule has 0 bridgehead atoms. The fraction of sp³-hybridized carbons (Fsp3) is 0.316. The van der Waals surface area contributed by atoms with Gasteiger partial charge in [0.15, 0.2) is 0 Å². The van der Waals surface area contributed by atoms with Crippen LogP contribution in [0.15, 0.2) is 48.5 Å². The lowest BCUT2D eigenvalue weighted by atomic mass is 10.1. The Labute approximate surface area is 146 Å². The highest BCUT2D eigenvalue weighted by Crippen LogP contribution is 2.48. The average Bonchev–Trinajstić information content (AvgIpc) is 3.40. The molecule has 0 aromatic heterocycles. The van der Waals surface area contributed by atoms with Crippen LogP contribution in [0.3, 0.4) is 0 Å². The summed E-state index contributed by atoms with van der Waals surface area (Å²) in [5, 5.41) is 13.8. The van der Waals surface area contributed by atoms with E-state index in [1.54, 1.807) is 19.2 Å². The highest BCUT2D eigenvalue weighted by Gasteiger charge is 2.43. The molecule has 1 fully saturated rings. The van der Waals surface area contributed by atoms with Crippen molar-refractivity contribution in [1.82, 2.24) is 5.32 Å². The van der Waals surface area contributed by atoms with Crippen molar-refractivity contribution in [3.05, 3.63) is 64.7 Å². The van der Waals surface area contributed by atoms with Gasteiger partial charge in [0.05, 0.1) is 13.2 Å². The van der Waals surface area contributed by atoms with E-state index in [0.29, 0.717) is 16.3 Å². The summed E-state index contributed by atoms with van der Waals surface area (Å²) >= 11 is 6.00. The molecule has 24 heavy (non-hydrogen) atoms. The topological polar surface area (TPSA) is 58.6 Å². The van der Waals surface area contributed by atoms with Crippen LogP contribution < -0.4 is 10.1 Å². The van der Waals surface area contributed by atoms with E-state index in [4.69, 9.17) is 16.3 Å². The maximum atomic E-state index is 12.3. The smallest absolute Gasteiger partial charge is 0.223 e. The number of nitrogens with one attached hydrogen (secondary N) is 1. The number of aliphatic hydroxyl groups excluding tert-OH is 1. The predicted octanol–water partition coefficient (Wildman–Crippen LogP) is 3.30. The van der Waals surface area contributed by atoms with Crippen LogP contribution in [-0.4, -0.2) is 24.7 Å². The number of hydrogen-bond donors (Lipinski definition) is 2. The third-order valence-electron chi connectivity index (χ3n) is 4.37. The summed E-state index contributed by atoms with van der Waals surface area (Å²) in [5.74, 6) is 0.747. The van der Waals surface area contributed by atoms with Crippen molar-refractivity contribution in [2.45, 2.75) is 18.4 Å². The molecule has 2 aromatic rings. The van der Waals surface area contributed by atoms with Gasteiger partial charge >= 0.3 is 0 Å². The van der Waals surface area contributed by atoms with Crippen LogP contribution in [0.2, 0.25) is 5.02 Å². The highest BCUT2D eigenvalue weighted by molar-refractivity contribution is 6.30. The maximum Gasteiger partial charge on any atom is 0.223 e. The number of carbonyl (C=O) groups excluding carboxylic acids is 1. The van der Waals surface area contributed by atoms with E-state index in [1.807, 2.05) is 36.4 Å². The van der Waals surface area contributed by atoms with Crippen molar-refractivity contribution in [1.29, 1.82) is 0 Å². The van der Waals surface area contributed by atoms with Crippen molar-refractivity contribution in [3.8, 4) is 5.75 Å². The molecule has 0 heterocycles. The molecule has 1 aliphatic rings. The van der Waals surface area contributed by atoms with Gasteiger partial charge in [0.2, 0.25) is 5.91 Å². The number of amides is 1. The first-order valence-corrected chi connectivity index (χ1v) is 8.32. The van der Waals surface area contributed by atoms with Crippen molar-refractivity contribution >= 4 is 17.5 Å². The van der Waals surface area contributed by atoms with Crippen molar-refractivity contribution < 1.29 is 14.6 Å². The first kappa shape index (κ1) is 16.8. The molecule has 126 valence electrons. The van der Waals surface area contributed by atoms with Crippen molar-refractivity contribution in [3.63, 3.8) is 0 Å². The average molecular weight is 346 g/mol. The van der Waals surface area contributed by atoms with Gasteiger partial charge in [-0.3, -0.25) is 4.79 Å². The van der Waals surface area contributed by atoms with Gasteiger partial charge in [-0.1, -0.05) is 41.9 Å². The van der Waals surface area contributed by atoms with E-state index < -0.39 is 6.10 Å². The molecule has 2 N–H and O–H groups in total. The lowest BCUT2D eigenvalue weighted by Crippen LogP contribution is -2.30. The van der Waals surface area contributed by atoms with Crippen molar-refractivity contribution in [2.75, 3.05) is 13.7 Å². The second-order valence-electron chi connectivity index (χ2n) is 6.01. The Kier molecular flexibility index (Phi) is 5.07. The fourth-order valence-corrected chi connectivity index (χ4v) is 3.17. The fourth-order valence-electron chi connectivity index (χ4n) is 2.97. The number of para-hydroxylation sites is 1. The van der Waals surface area contributed by atoms with E-state index in [0.717, 1.165) is 12.0 Å². The van der Waals surface area contributed by atoms with Gasteiger partial charge in [0.1, 0.15) is 5.75 Å². The van der Waals surface area contributed by atoms with Crippen LogP contribution in [0.25, 0.3) is 0 Å². The number of rotatable bonds is 6. The minimum absolute atomic E-state index is 0.0334. The summed E-state index contributed by atoms with van der Waals surface area (Å²) in [6.07, 6.45) is 0.0187. The molecule has 0 saturated heterocycles. The number of benzene rings is 2. The first-order valence-electron chi connectivity index (χ1n) is 7.94. The van der Waals surface area contributed by atoms with Crippen molar-refractivity contribution in [2.24, 2.45) is 5.92 Å². The van der Waals surface area contributed by atoms with Gasteiger partial charge in [-0.2, -0.15) is 0 Å². The number of methoxy groups -OCH3 is 1. The van der Waals surface area contributed by atoms with Crippen LogP contribution >= 0.6 is 11.6 Å². The largest absolute Gasteiger partial charge is 0.496 e. The van der Waals surface area contributed by atoms with E-state index in [2.05, 4.69) is 5.32 Å². The lowest BCUT2D eigenvalue weighted by Gasteiger charge is -2.15. The zero-order valence-electron chi connectivity index (χ0n) is 13.4. The van der Waals surface area contributed by atoms with Crippen LogP contribution in [0, 0.1) is 5.92 Å². The molecule has 1 aliphatic carbocycles. The van der Waals surface area contributed by atoms with E-state index in [1.165, 1.54) is 0 Å². The van der Waals surface area contributed by atoms with Crippen LogP contribution in [-0.2, 0) is 4.79 Å². The van der Waals surface area contributed by atoms with Gasteiger partial charge in [-0.15, -0.1) is 0 Å². The lowest BCUT2D eigenvalue weighted by molar-refractivity contribution is -0.122. The second kappa shape index (κ2) is 7.24. The number of hydrogen-bond acceptors (Lipinski definition) is 3. The summed E-state index contributed by atoms with van der Waals surface area (Å²) in [6.45, 7) is 0.165. The molecule has 0 radical (unpaired) electrons. The highest BCUT2D eigenvalue weighted by atomic mass is 35.5. The standard InChI is InChI=1S/C19H20ClNO3/c1-24-18-8-3-2-7-14(18)17(22)11-21-19(23)16-10-15(16)12-5-4-6-13(20)9-12/h2-9,15-17,22H,10-11H2,1H3,(H,21,23)/t15-,16-,17-/m1/s1. The van der Waals surface area contributed by atoms with E-state index >= 15 is 0 Å². The van der Waals surface area contributed by atoms with E-state index in [-0.39, 0.29) is 24.3 Å². The van der Waals surface area contributed by atoms with Gasteiger partial charge in [-0.25, -0.2) is 0 Å². The SMILES string of the molecule is COc1ccccc1[C@H](O)CNC(=O)[C@@H]1C[C@@H]1c1cccc(Cl)c1. The van der Waals surface area contributed by atoms with Gasteiger partial charge in [0, 0.05) is 23.0 Å². The second-order valence-corrected chi connectivity index (χ2v) is 6.44. The molecular formula is C19H20ClNO3. The van der Waals surface area contributed by atoms with Gasteiger partial charge in [-0.05, 0) is 36.1 Å². The quantitative estimate of drug-likeness (QED) is 0.844.